The molecule has 126 valence electrons. The molecular formula is C19H23N3O2. The molecule has 0 heterocycles. The van der Waals surface area contributed by atoms with Crippen LogP contribution in [-0.2, 0) is 0 Å². The summed E-state index contributed by atoms with van der Waals surface area (Å²) in [5.41, 5.74) is 6.04. The summed E-state index contributed by atoms with van der Waals surface area (Å²) >= 11 is 0. The van der Waals surface area contributed by atoms with Crippen molar-refractivity contribution in [3.63, 3.8) is 0 Å². The number of para-hydroxylation sites is 1. The minimum absolute atomic E-state index is 0.298. The van der Waals surface area contributed by atoms with E-state index in [1.54, 1.807) is 0 Å². The van der Waals surface area contributed by atoms with Gasteiger partial charge in [-0.3, -0.25) is 4.99 Å². The molecule has 3 rings (SSSR count). The van der Waals surface area contributed by atoms with Crippen molar-refractivity contribution < 1.29 is 9.84 Å². The van der Waals surface area contributed by atoms with E-state index in [9.17, 15) is 5.11 Å². The summed E-state index contributed by atoms with van der Waals surface area (Å²) in [6, 6.07) is 17.1. The van der Waals surface area contributed by atoms with E-state index in [0.717, 1.165) is 37.1 Å². The number of aliphatic imine (C=N–C) groups is 1. The lowest BCUT2D eigenvalue weighted by atomic mass is 10.0. The van der Waals surface area contributed by atoms with Crippen molar-refractivity contribution in [3.05, 3.63) is 54.6 Å². The van der Waals surface area contributed by atoms with Crippen LogP contribution in [0.2, 0.25) is 0 Å². The lowest BCUT2D eigenvalue weighted by Crippen LogP contribution is -2.31. The van der Waals surface area contributed by atoms with E-state index in [1.165, 1.54) is 0 Å². The second-order valence-electron chi connectivity index (χ2n) is 6.20. The van der Waals surface area contributed by atoms with E-state index in [1.807, 2.05) is 54.6 Å². The maximum atomic E-state index is 10.3. The van der Waals surface area contributed by atoms with Crippen molar-refractivity contribution in [2.75, 3.05) is 11.9 Å². The van der Waals surface area contributed by atoms with Gasteiger partial charge in [0.1, 0.15) is 11.5 Å². The zero-order valence-electron chi connectivity index (χ0n) is 13.6. The molecule has 0 bridgehead atoms. The summed E-state index contributed by atoms with van der Waals surface area (Å²) in [7, 11) is 0. The Morgan fingerprint density at radius 2 is 1.79 bits per heavy atom. The Hall–Kier alpha value is -2.53. The molecule has 24 heavy (non-hydrogen) atoms. The lowest BCUT2D eigenvalue weighted by molar-refractivity contribution is 0.0575. The van der Waals surface area contributed by atoms with Gasteiger partial charge in [0.2, 0.25) is 0 Å². The van der Waals surface area contributed by atoms with Crippen LogP contribution in [-0.4, -0.2) is 23.2 Å². The van der Waals surface area contributed by atoms with Gasteiger partial charge in [0.05, 0.1) is 12.1 Å². The summed E-state index contributed by atoms with van der Waals surface area (Å²) in [6.07, 6.45) is 3.70. The maximum absolute atomic E-state index is 10.3. The van der Waals surface area contributed by atoms with Gasteiger partial charge < -0.3 is 20.9 Å². The largest absolute Gasteiger partial charge is 0.457 e. The van der Waals surface area contributed by atoms with Gasteiger partial charge in [0.15, 0.2) is 5.96 Å². The van der Waals surface area contributed by atoms with Gasteiger partial charge in [-0.1, -0.05) is 37.1 Å². The van der Waals surface area contributed by atoms with Crippen LogP contribution < -0.4 is 15.8 Å². The quantitative estimate of drug-likeness (QED) is 0.580. The highest BCUT2D eigenvalue weighted by Gasteiger charge is 2.30. The molecule has 0 spiro atoms. The monoisotopic (exact) mass is 325 g/mol. The Bertz CT molecular complexity index is 695. The number of benzene rings is 2. The number of rotatable bonds is 5. The first-order valence-electron chi connectivity index (χ1n) is 8.25. The maximum Gasteiger partial charge on any atom is 0.193 e. The fraction of sp³-hybridized carbons (Fsp3) is 0.316. The standard InChI is InChI=1S/C19H23N3O2/c20-18(21-14-19(23)11-4-5-12-19)22-15-7-6-10-17(13-15)24-16-8-2-1-3-9-16/h1-3,6-10,13,23H,4-5,11-12,14H2,(H3,20,21,22). The molecule has 5 heteroatoms. The molecule has 0 aliphatic heterocycles. The van der Waals surface area contributed by atoms with Gasteiger partial charge in [-0.2, -0.15) is 0 Å². The average molecular weight is 325 g/mol. The first kappa shape index (κ1) is 16.3. The number of guanidine groups is 1. The molecule has 4 N–H and O–H groups in total. The molecule has 2 aromatic carbocycles. The zero-order valence-corrected chi connectivity index (χ0v) is 13.6. The summed E-state index contributed by atoms with van der Waals surface area (Å²) in [5.74, 6) is 1.79. The first-order valence-corrected chi connectivity index (χ1v) is 8.25. The number of aliphatic hydroxyl groups is 1. The topological polar surface area (TPSA) is 79.9 Å². The van der Waals surface area contributed by atoms with Crippen LogP contribution in [0.25, 0.3) is 0 Å². The molecule has 0 unspecified atom stereocenters. The fourth-order valence-corrected chi connectivity index (χ4v) is 2.87. The third-order valence-corrected chi connectivity index (χ3v) is 4.16. The van der Waals surface area contributed by atoms with Crippen LogP contribution in [0.15, 0.2) is 59.6 Å². The van der Waals surface area contributed by atoms with E-state index in [4.69, 9.17) is 10.5 Å². The van der Waals surface area contributed by atoms with Crippen molar-refractivity contribution in [2.24, 2.45) is 10.7 Å². The second-order valence-corrected chi connectivity index (χ2v) is 6.20. The molecular weight excluding hydrogens is 302 g/mol. The van der Waals surface area contributed by atoms with Crippen LogP contribution in [0.1, 0.15) is 25.7 Å². The van der Waals surface area contributed by atoms with Crippen LogP contribution >= 0.6 is 0 Å². The normalized spacial score (nSPS) is 16.8. The van der Waals surface area contributed by atoms with Crippen LogP contribution in [0.5, 0.6) is 11.5 Å². The molecule has 5 nitrogen and oxygen atoms in total. The predicted octanol–water partition coefficient (Wildman–Crippen LogP) is 3.51. The van der Waals surface area contributed by atoms with Crippen LogP contribution in [0.3, 0.4) is 0 Å². The predicted molar refractivity (Wildman–Crippen MR) is 96.5 cm³/mol. The summed E-state index contributed by atoms with van der Waals surface area (Å²) < 4.78 is 5.80. The number of hydrogen-bond donors (Lipinski definition) is 3. The molecule has 1 aliphatic carbocycles. The first-order chi connectivity index (χ1) is 11.6. The van der Waals surface area contributed by atoms with Gasteiger partial charge in [0.25, 0.3) is 0 Å². The third kappa shape index (κ3) is 4.49. The van der Waals surface area contributed by atoms with Crippen LogP contribution in [0.4, 0.5) is 5.69 Å². The van der Waals surface area contributed by atoms with Gasteiger partial charge in [-0.25, -0.2) is 0 Å². The zero-order chi connectivity index (χ0) is 16.8. The molecule has 2 aromatic rings. The average Bonchev–Trinajstić information content (AvgIpc) is 3.02. The number of anilines is 1. The fourth-order valence-electron chi connectivity index (χ4n) is 2.87. The Morgan fingerprint density at radius 3 is 2.54 bits per heavy atom. The van der Waals surface area contributed by atoms with E-state index < -0.39 is 5.60 Å². The van der Waals surface area contributed by atoms with E-state index in [0.29, 0.717) is 18.3 Å². The van der Waals surface area contributed by atoms with Gasteiger partial charge in [-0.05, 0) is 37.1 Å². The van der Waals surface area contributed by atoms with Crippen molar-refractivity contribution in [2.45, 2.75) is 31.3 Å². The Kier molecular flexibility index (Phi) is 5.01. The van der Waals surface area contributed by atoms with E-state index in [2.05, 4.69) is 10.3 Å². The molecule has 1 aliphatic rings. The molecule has 1 saturated carbocycles. The minimum Gasteiger partial charge on any atom is -0.457 e. The molecule has 0 aromatic heterocycles. The number of hydrogen-bond acceptors (Lipinski definition) is 3. The summed E-state index contributed by atoms with van der Waals surface area (Å²) in [6.45, 7) is 0.339. The van der Waals surface area contributed by atoms with Crippen LogP contribution in [0, 0.1) is 0 Å². The second kappa shape index (κ2) is 7.36. The van der Waals surface area contributed by atoms with Gasteiger partial charge in [-0.15, -0.1) is 0 Å². The smallest absolute Gasteiger partial charge is 0.193 e. The number of ether oxygens (including phenoxy) is 1. The Morgan fingerprint density at radius 1 is 1.08 bits per heavy atom. The number of nitrogens with zero attached hydrogens (tertiary/aromatic N) is 1. The molecule has 0 saturated heterocycles. The molecule has 0 amide bonds. The minimum atomic E-state index is -0.690. The number of nitrogens with two attached hydrogens (primary N) is 1. The SMILES string of the molecule is NC(=NCC1(O)CCCC1)Nc1cccc(Oc2ccccc2)c1. The van der Waals surface area contributed by atoms with Gasteiger partial charge in [0, 0.05) is 11.8 Å². The van der Waals surface area contributed by atoms with Crippen molar-refractivity contribution >= 4 is 11.6 Å². The summed E-state index contributed by atoms with van der Waals surface area (Å²) in [5, 5.41) is 13.3. The van der Waals surface area contributed by atoms with Crippen molar-refractivity contribution in [1.82, 2.24) is 0 Å². The van der Waals surface area contributed by atoms with E-state index in [-0.39, 0.29) is 0 Å². The highest BCUT2D eigenvalue weighted by molar-refractivity contribution is 5.92. The molecule has 0 atom stereocenters. The van der Waals surface area contributed by atoms with Crippen molar-refractivity contribution in [1.29, 1.82) is 0 Å². The Labute approximate surface area is 142 Å². The third-order valence-electron chi connectivity index (χ3n) is 4.16. The highest BCUT2D eigenvalue weighted by atomic mass is 16.5. The van der Waals surface area contributed by atoms with E-state index >= 15 is 0 Å². The van der Waals surface area contributed by atoms with Gasteiger partial charge >= 0.3 is 0 Å². The summed E-state index contributed by atoms with van der Waals surface area (Å²) in [4.78, 5) is 4.28. The molecule has 1 fully saturated rings. The lowest BCUT2D eigenvalue weighted by Gasteiger charge is -2.19. The molecule has 0 radical (unpaired) electrons. The highest BCUT2D eigenvalue weighted by Crippen LogP contribution is 2.29. The number of nitrogens with one attached hydrogen (secondary N) is 1. The Balaban J connectivity index is 1.61. The van der Waals surface area contributed by atoms with Crippen molar-refractivity contribution in [3.8, 4) is 11.5 Å².